The van der Waals surface area contributed by atoms with Crippen LogP contribution in [0.2, 0.25) is 0 Å². The van der Waals surface area contributed by atoms with Gasteiger partial charge >= 0.3 is 12.0 Å². The number of hydrogen-bond donors (Lipinski definition) is 4. The van der Waals surface area contributed by atoms with Crippen LogP contribution in [0.3, 0.4) is 0 Å². The molecule has 114 valence electrons. The maximum absolute atomic E-state index is 11.6. The summed E-state index contributed by atoms with van der Waals surface area (Å²) in [5.74, 6) is -1.45. The summed E-state index contributed by atoms with van der Waals surface area (Å²) in [4.78, 5) is 33.7. The lowest BCUT2D eigenvalue weighted by Gasteiger charge is -2.33. The monoisotopic (exact) mass is 287 g/mol. The van der Waals surface area contributed by atoms with Gasteiger partial charge in [0.25, 0.3) is 0 Å². The van der Waals surface area contributed by atoms with Gasteiger partial charge in [0.2, 0.25) is 5.91 Å². The Morgan fingerprint density at radius 2 is 1.95 bits per heavy atom. The van der Waals surface area contributed by atoms with Crippen LogP contribution in [-0.4, -0.2) is 48.8 Å². The second-order valence-electron chi connectivity index (χ2n) is 5.10. The highest BCUT2D eigenvalue weighted by Gasteiger charge is 2.40. The number of carbonyl (C=O) groups excluding carboxylic acids is 2. The molecule has 8 nitrogen and oxygen atoms in total. The Morgan fingerprint density at radius 1 is 1.35 bits per heavy atom. The van der Waals surface area contributed by atoms with Crippen LogP contribution < -0.4 is 16.4 Å². The Hall–Kier alpha value is -1.83. The fourth-order valence-electron chi connectivity index (χ4n) is 2.11. The zero-order valence-corrected chi connectivity index (χ0v) is 11.5. The molecule has 8 heteroatoms. The summed E-state index contributed by atoms with van der Waals surface area (Å²) in [6, 6.07) is -0.908. The largest absolute Gasteiger partial charge is 0.481 e. The average Bonchev–Trinajstić information content (AvgIpc) is 2.36. The second-order valence-corrected chi connectivity index (χ2v) is 5.10. The fourth-order valence-corrected chi connectivity index (χ4v) is 2.11. The topological polar surface area (TPSA) is 131 Å². The summed E-state index contributed by atoms with van der Waals surface area (Å²) in [5, 5.41) is 14.4. The lowest BCUT2D eigenvalue weighted by Crippen LogP contribution is -2.50. The van der Waals surface area contributed by atoms with Gasteiger partial charge in [-0.25, -0.2) is 4.79 Å². The highest BCUT2D eigenvalue weighted by molar-refractivity contribution is 5.79. The number of amides is 3. The number of carboxylic acid groups (broad SMARTS) is 1. The quantitative estimate of drug-likeness (QED) is 0.519. The first kappa shape index (κ1) is 16.2. The average molecular weight is 287 g/mol. The lowest BCUT2D eigenvalue weighted by molar-refractivity contribution is -0.154. The number of carboxylic acids is 1. The highest BCUT2D eigenvalue weighted by atomic mass is 16.5. The van der Waals surface area contributed by atoms with Gasteiger partial charge in [-0.05, 0) is 19.8 Å². The van der Waals surface area contributed by atoms with Crippen molar-refractivity contribution in [3.05, 3.63) is 0 Å². The molecule has 3 amide bonds. The van der Waals surface area contributed by atoms with Gasteiger partial charge in [0.15, 0.2) is 0 Å². The SMILES string of the molecule is CC(CC(N)=O)NC(=O)NCC1(C(=O)O)CCOCC1. The Balaban J connectivity index is 2.45. The van der Waals surface area contributed by atoms with Crippen LogP contribution in [-0.2, 0) is 14.3 Å². The molecule has 1 aliphatic rings. The summed E-state index contributed by atoms with van der Waals surface area (Å²) in [6.45, 7) is 2.41. The molecule has 0 saturated carbocycles. The van der Waals surface area contributed by atoms with E-state index < -0.39 is 29.4 Å². The molecule has 1 saturated heterocycles. The molecule has 1 aliphatic heterocycles. The summed E-state index contributed by atoms with van der Waals surface area (Å²) >= 11 is 0. The van der Waals surface area contributed by atoms with Crippen molar-refractivity contribution in [3.8, 4) is 0 Å². The smallest absolute Gasteiger partial charge is 0.315 e. The van der Waals surface area contributed by atoms with Crippen LogP contribution in [0.1, 0.15) is 26.2 Å². The minimum atomic E-state index is -0.984. The minimum absolute atomic E-state index is 0.0286. The van der Waals surface area contributed by atoms with E-state index in [4.69, 9.17) is 10.5 Å². The van der Waals surface area contributed by atoms with Gasteiger partial charge in [0.05, 0.1) is 5.41 Å². The Labute approximate surface area is 117 Å². The molecule has 0 aromatic carbocycles. The van der Waals surface area contributed by atoms with Crippen LogP contribution in [0, 0.1) is 5.41 Å². The number of primary amides is 1. The van der Waals surface area contributed by atoms with Crippen molar-refractivity contribution in [1.29, 1.82) is 0 Å². The van der Waals surface area contributed by atoms with Crippen LogP contribution in [0.25, 0.3) is 0 Å². The molecule has 1 heterocycles. The van der Waals surface area contributed by atoms with E-state index in [9.17, 15) is 19.5 Å². The summed E-state index contributed by atoms with van der Waals surface area (Å²) in [7, 11) is 0. The van der Waals surface area contributed by atoms with Crippen LogP contribution in [0.4, 0.5) is 4.79 Å². The maximum atomic E-state index is 11.6. The van der Waals surface area contributed by atoms with Gasteiger partial charge in [-0.3, -0.25) is 9.59 Å². The van der Waals surface area contributed by atoms with Gasteiger partial charge in [-0.1, -0.05) is 0 Å². The Bertz CT molecular complexity index is 379. The molecule has 5 N–H and O–H groups in total. The summed E-state index contributed by atoms with van der Waals surface area (Å²) in [5.41, 5.74) is 4.03. The first-order valence-corrected chi connectivity index (χ1v) is 6.49. The second kappa shape index (κ2) is 7.09. The molecule has 0 radical (unpaired) electrons. The van der Waals surface area contributed by atoms with Gasteiger partial charge in [-0.15, -0.1) is 0 Å². The molecule has 0 aromatic heterocycles. The molecule has 0 bridgehead atoms. The predicted octanol–water partition coefficient (Wildman–Crippen LogP) is -0.569. The Morgan fingerprint density at radius 3 is 2.45 bits per heavy atom. The van der Waals surface area contributed by atoms with Gasteiger partial charge in [0, 0.05) is 32.2 Å². The number of rotatable bonds is 6. The molecule has 1 unspecified atom stereocenters. The van der Waals surface area contributed by atoms with Crippen molar-refractivity contribution >= 4 is 17.9 Å². The molecule has 0 spiro atoms. The van der Waals surface area contributed by atoms with Crippen molar-refractivity contribution in [2.45, 2.75) is 32.2 Å². The first-order valence-electron chi connectivity index (χ1n) is 6.49. The van der Waals surface area contributed by atoms with Gasteiger partial charge in [0.1, 0.15) is 0 Å². The predicted molar refractivity (Wildman–Crippen MR) is 69.9 cm³/mol. The molecule has 1 rings (SSSR count). The number of nitrogens with two attached hydrogens (primary N) is 1. The van der Waals surface area contributed by atoms with Crippen LogP contribution >= 0.6 is 0 Å². The van der Waals surface area contributed by atoms with E-state index in [1.807, 2.05) is 0 Å². The number of urea groups is 1. The van der Waals surface area contributed by atoms with E-state index in [2.05, 4.69) is 10.6 Å². The van der Waals surface area contributed by atoms with Gasteiger partial charge < -0.3 is 26.2 Å². The summed E-state index contributed by atoms with van der Waals surface area (Å²) in [6.07, 6.45) is 0.754. The molecular formula is C12H21N3O5. The number of ether oxygens (including phenoxy) is 1. The Kier molecular flexibility index (Phi) is 5.75. The first-order chi connectivity index (χ1) is 9.35. The number of hydrogen-bond acceptors (Lipinski definition) is 4. The third-order valence-corrected chi connectivity index (χ3v) is 3.38. The standard InChI is InChI=1S/C12H21N3O5/c1-8(6-9(13)16)15-11(19)14-7-12(10(17)18)2-4-20-5-3-12/h8H,2-7H2,1H3,(H2,13,16)(H,17,18)(H2,14,15,19). The third-order valence-electron chi connectivity index (χ3n) is 3.38. The van der Waals surface area contributed by atoms with Crippen molar-refractivity contribution < 1.29 is 24.2 Å². The van der Waals surface area contributed by atoms with E-state index in [-0.39, 0.29) is 13.0 Å². The molecule has 20 heavy (non-hydrogen) atoms. The third kappa shape index (κ3) is 4.69. The van der Waals surface area contributed by atoms with E-state index in [1.165, 1.54) is 0 Å². The van der Waals surface area contributed by atoms with E-state index in [0.717, 1.165) is 0 Å². The molecular weight excluding hydrogens is 266 g/mol. The fraction of sp³-hybridized carbons (Fsp3) is 0.750. The van der Waals surface area contributed by atoms with Crippen molar-refractivity contribution in [2.75, 3.05) is 19.8 Å². The van der Waals surface area contributed by atoms with Crippen LogP contribution in [0.15, 0.2) is 0 Å². The van der Waals surface area contributed by atoms with Crippen LogP contribution in [0.5, 0.6) is 0 Å². The lowest BCUT2D eigenvalue weighted by atomic mass is 9.80. The van der Waals surface area contributed by atoms with E-state index in [0.29, 0.717) is 26.1 Å². The van der Waals surface area contributed by atoms with E-state index in [1.54, 1.807) is 6.92 Å². The maximum Gasteiger partial charge on any atom is 0.315 e. The molecule has 0 aromatic rings. The van der Waals surface area contributed by atoms with Crippen molar-refractivity contribution in [1.82, 2.24) is 10.6 Å². The van der Waals surface area contributed by atoms with E-state index >= 15 is 0 Å². The summed E-state index contributed by atoms with van der Waals surface area (Å²) < 4.78 is 5.15. The van der Waals surface area contributed by atoms with Crippen molar-refractivity contribution in [3.63, 3.8) is 0 Å². The molecule has 1 fully saturated rings. The normalized spacial score (nSPS) is 18.9. The number of aliphatic carboxylic acids is 1. The molecule has 0 aliphatic carbocycles. The highest BCUT2D eigenvalue weighted by Crippen LogP contribution is 2.29. The zero-order valence-electron chi connectivity index (χ0n) is 11.5. The number of nitrogens with one attached hydrogen (secondary N) is 2. The molecule has 1 atom stereocenters. The van der Waals surface area contributed by atoms with Gasteiger partial charge in [-0.2, -0.15) is 0 Å². The zero-order chi connectivity index (χ0) is 15.2. The number of carbonyl (C=O) groups is 3. The van der Waals surface area contributed by atoms with Crippen molar-refractivity contribution in [2.24, 2.45) is 11.1 Å². The minimum Gasteiger partial charge on any atom is -0.481 e.